The predicted octanol–water partition coefficient (Wildman–Crippen LogP) is 0.920. The lowest BCUT2D eigenvalue weighted by Gasteiger charge is -2.09. The van der Waals surface area contributed by atoms with E-state index in [1.54, 1.807) is 24.5 Å². The van der Waals surface area contributed by atoms with Gasteiger partial charge in [-0.1, -0.05) is 0 Å². The quantitative estimate of drug-likeness (QED) is 0.627. The number of rotatable bonds is 4. The molecule has 0 saturated carbocycles. The average Bonchev–Trinajstić information content (AvgIpc) is 2.79. The highest BCUT2D eigenvalue weighted by atomic mass is 16.6. The maximum Gasteiger partial charge on any atom is 0.381 e. The van der Waals surface area contributed by atoms with Crippen molar-refractivity contribution in [3.63, 3.8) is 0 Å². The fourth-order valence-corrected chi connectivity index (χ4v) is 1.42. The van der Waals surface area contributed by atoms with Crippen LogP contribution in [0.5, 0.6) is 0 Å². The third kappa shape index (κ3) is 2.64. The first kappa shape index (κ1) is 11.2. The summed E-state index contributed by atoms with van der Waals surface area (Å²) in [6.07, 6.45) is 5.15. The minimum atomic E-state index is -0.876. The van der Waals surface area contributed by atoms with Crippen LogP contribution in [0.1, 0.15) is 11.8 Å². The molecule has 0 radical (unpaired) electrons. The molecule has 0 spiro atoms. The summed E-state index contributed by atoms with van der Waals surface area (Å²) in [6.45, 7) is 0. The SMILES string of the molecule is O=[N+]([O-])c1cn([C@H](O)Cc2ccncc2)cn1. The molecule has 0 fully saturated rings. The molecule has 0 bridgehead atoms. The molecule has 7 heteroatoms. The minimum Gasteiger partial charge on any atom is -0.373 e. The number of hydrogen-bond donors (Lipinski definition) is 1. The van der Waals surface area contributed by atoms with Gasteiger partial charge >= 0.3 is 5.82 Å². The van der Waals surface area contributed by atoms with Gasteiger partial charge in [-0.15, -0.1) is 0 Å². The van der Waals surface area contributed by atoms with Crippen LogP contribution < -0.4 is 0 Å². The van der Waals surface area contributed by atoms with E-state index >= 15 is 0 Å². The molecule has 2 heterocycles. The number of nitrogens with zero attached hydrogens (tertiary/aromatic N) is 4. The Morgan fingerprint density at radius 1 is 1.47 bits per heavy atom. The molecule has 1 atom stereocenters. The summed E-state index contributed by atoms with van der Waals surface area (Å²) in [5.41, 5.74) is 0.892. The van der Waals surface area contributed by atoms with Crippen molar-refractivity contribution >= 4 is 5.82 Å². The van der Waals surface area contributed by atoms with Crippen LogP contribution in [0.15, 0.2) is 37.1 Å². The van der Waals surface area contributed by atoms with Crippen LogP contribution in [0, 0.1) is 10.1 Å². The number of hydrogen-bond acceptors (Lipinski definition) is 5. The van der Waals surface area contributed by atoms with Gasteiger partial charge in [0, 0.05) is 18.8 Å². The molecule has 0 unspecified atom stereocenters. The molecule has 88 valence electrons. The fraction of sp³-hybridized carbons (Fsp3) is 0.200. The van der Waals surface area contributed by atoms with E-state index in [1.807, 2.05) is 0 Å². The summed E-state index contributed by atoms with van der Waals surface area (Å²) < 4.78 is 1.30. The van der Waals surface area contributed by atoms with Crippen molar-refractivity contribution in [2.24, 2.45) is 0 Å². The lowest BCUT2D eigenvalue weighted by Crippen LogP contribution is -2.09. The van der Waals surface area contributed by atoms with Crippen LogP contribution in [0.4, 0.5) is 5.82 Å². The summed E-state index contributed by atoms with van der Waals surface area (Å²) >= 11 is 0. The Morgan fingerprint density at radius 2 is 2.18 bits per heavy atom. The van der Waals surface area contributed by atoms with Gasteiger partial charge in [-0.3, -0.25) is 9.55 Å². The lowest BCUT2D eigenvalue weighted by molar-refractivity contribution is -0.389. The summed E-state index contributed by atoms with van der Waals surface area (Å²) in [6, 6.07) is 3.54. The Hall–Kier alpha value is -2.28. The smallest absolute Gasteiger partial charge is 0.373 e. The van der Waals surface area contributed by atoms with Gasteiger partial charge in [-0.25, -0.2) is 0 Å². The molecular formula is C10H10N4O3. The monoisotopic (exact) mass is 234 g/mol. The summed E-state index contributed by atoms with van der Waals surface area (Å²) in [5, 5.41) is 20.3. The zero-order valence-corrected chi connectivity index (χ0v) is 8.80. The van der Waals surface area contributed by atoms with E-state index in [0.717, 1.165) is 5.56 Å². The molecule has 0 saturated heterocycles. The van der Waals surface area contributed by atoms with E-state index < -0.39 is 11.2 Å². The molecule has 0 aliphatic rings. The van der Waals surface area contributed by atoms with Crippen LogP contribution in [0.2, 0.25) is 0 Å². The first-order valence-corrected chi connectivity index (χ1v) is 4.91. The second kappa shape index (κ2) is 4.71. The Morgan fingerprint density at radius 3 is 2.76 bits per heavy atom. The molecule has 1 N–H and O–H groups in total. The van der Waals surface area contributed by atoms with E-state index in [-0.39, 0.29) is 5.82 Å². The molecule has 2 aromatic heterocycles. The number of imidazole rings is 1. The van der Waals surface area contributed by atoms with E-state index in [0.29, 0.717) is 6.42 Å². The average molecular weight is 234 g/mol. The Balaban J connectivity index is 2.09. The largest absolute Gasteiger partial charge is 0.381 e. The Kier molecular flexibility index (Phi) is 3.10. The molecule has 0 aliphatic carbocycles. The first-order valence-electron chi connectivity index (χ1n) is 4.91. The molecule has 0 aliphatic heterocycles. The van der Waals surface area contributed by atoms with Crippen LogP contribution in [0.25, 0.3) is 0 Å². The number of nitro groups is 1. The maximum absolute atomic E-state index is 10.4. The second-order valence-electron chi connectivity index (χ2n) is 3.48. The minimum absolute atomic E-state index is 0.279. The molecule has 2 rings (SSSR count). The highest BCUT2D eigenvalue weighted by Gasteiger charge is 2.15. The molecule has 0 amide bonds. The number of aliphatic hydroxyl groups is 1. The van der Waals surface area contributed by atoms with Gasteiger partial charge in [0.05, 0.1) is 0 Å². The van der Waals surface area contributed by atoms with Crippen molar-refractivity contribution in [3.05, 3.63) is 52.7 Å². The van der Waals surface area contributed by atoms with Gasteiger partial charge in [0.2, 0.25) is 6.33 Å². The van der Waals surface area contributed by atoms with Gasteiger partial charge in [-0.2, -0.15) is 0 Å². The Bertz CT molecular complexity index is 511. The highest BCUT2D eigenvalue weighted by molar-refractivity contribution is 5.14. The predicted molar refractivity (Wildman–Crippen MR) is 58.1 cm³/mol. The highest BCUT2D eigenvalue weighted by Crippen LogP contribution is 2.14. The molecular weight excluding hydrogens is 224 g/mol. The van der Waals surface area contributed by atoms with Crippen molar-refractivity contribution in [1.29, 1.82) is 0 Å². The molecule has 0 aromatic carbocycles. The zero-order chi connectivity index (χ0) is 12.3. The number of pyridine rings is 1. The van der Waals surface area contributed by atoms with Crippen molar-refractivity contribution in [2.45, 2.75) is 12.6 Å². The van der Waals surface area contributed by atoms with Crippen LogP contribution in [-0.4, -0.2) is 24.6 Å². The van der Waals surface area contributed by atoms with E-state index in [4.69, 9.17) is 0 Å². The zero-order valence-electron chi connectivity index (χ0n) is 8.80. The molecule has 17 heavy (non-hydrogen) atoms. The van der Waals surface area contributed by atoms with Gasteiger partial charge in [0.1, 0.15) is 12.4 Å². The molecule has 7 nitrogen and oxygen atoms in total. The van der Waals surface area contributed by atoms with E-state index in [9.17, 15) is 15.2 Å². The van der Waals surface area contributed by atoms with Crippen molar-refractivity contribution < 1.29 is 10.0 Å². The van der Waals surface area contributed by atoms with Crippen LogP contribution in [0.3, 0.4) is 0 Å². The standard InChI is InChI=1S/C10H10N4O3/c15-10(5-8-1-3-11-4-2-8)13-6-9(12-7-13)14(16)17/h1-4,6-7,10,15H,5H2/t10-/m1/s1. The Labute approximate surface area is 96.5 Å². The topological polar surface area (TPSA) is 94.1 Å². The summed E-state index contributed by atoms with van der Waals surface area (Å²) in [7, 11) is 0. The van der Waals surface area contributed by atoms with Crippen molar-refractivity contribution in [2.75, 3.05) is 0 Å². The molecule has 2 aromatic rings. The van der Waals surface area contributed by atoms with Crippen molar-refractivity contribution in [3.8, 4) is 0 Å². The lowest BCUT2D eigenvalue weighted by atomic mass is 10.2. The number of aromatic nitrogens is 3. The maximum atomic E-state index is 10.4. The second-order valence-corrected chi connectivity index (χ2v) is 3.48. The van der Waals surface area contributed by atoms with Gasteiger partial charge in [-0.05, 0) is 27.6 Å². The van der Waals surface area contributed by atoms with Crippen LogP contribution >= 0.6 is 0 Å². The van der Waals surface area contributed by atoms with Gasteiger partial charge in [0.25, 0.3) is 0 Å². The summed E-state index contributed by atoms with van der Waals surface area (Å²) in [5.74, 6) is -0.279. The first-order chi connectivity index (χ1) is 8.16. The van der Waals surface area contributed by atoms with E-state index in [1.165, 1.54) is 17.1 Å². The number of aliphatic hydroxyl groups excluding tert-OH is 1. The van der Waals surface area contributed by atoms with Gasteiger partial charge in [0.15, 0.2) is 0 Å². The summed E-state index contributed by atoms with van der Waals surface area (Å²) in [4.78, 5) is 17.3. The van der Waals surface area contributed by atoms with Crippen molar-refractivity contribution in [1.82, 2.24) is 14.5 Å². The third-order valence-corrected chi connectivity index (χ3v) is 2.29. The van der Waals surface area contributed by atoms with Gasteiger partial charge < -0.3 is 15.2 Å². The normalized spacial score (nSPS) is 12.3. The third-order valence-electron chi connectivity index (χ3n) is 2.29. The van der Waals surface area contributed by atoms with Crippen LogP contribution in [-0.2, 0) is 6.42 Å². The fourth-order valence-electron chi connectivity index (χ4n) is 1.42. The van der Waals surface area contributed by atoms with E-state index in [2.05, 4.69) is 9.97 Å².